The highest BCUT2D eigenvalue weighted by Crippen LogP contribution is 2.28. The number of carbonyl (C=O) groups excluding carboxylic acids is 1. The van der Waals surface area contributed by atoms with Crippen LogP contribution in [0.1, 0.15) is 18.9 Å². The summed E-state index contributed by atoms with van der Waals surface area (Å²) in [6, 6.07) is 5.48. The first-order valence-corrected chi connectivity index (χ1v) is 6.94. The third kappa shape index (κ3) is 4.41. The number of hydrogen-bond donors (Lipinski definition) is 1. The number of hydrogen-bond acceptors (Lipinski definition) is 6. The zero-order valence-electron chi connectivity index (χ0n) is 12.5. The molecule has 1 aromatic carbocycles. The molecule has 7 heteroatoms. The highest BCUT2D eigenvalue weighted by Gasteiger charge is 2.09. The lowest BCUT2D eigenvalue weighted by molar-refractivity contribution is -0.117. The van der Waals surface area contributed by atoms with Gasteiger partial charge in [0.15, 0.2) is 11.5 Å². The monoisotopic (exact) mass is 302 g/mol. The van der Waals surface area contributed by atoms with Gasteiger partial charge in [-0.2, -0.15) is 0 Å². The van der Waals surface area contributed by atoms with Crippen molar-refractivity contribution in [2.75, 3.05) is 13.7 Å². The first-order chi connectivity index (χ1) is 10.7. The van der Waals surface area contributed by atoms with Crippen molar-refractivity contribution < 1.29 is 14.3 Å². The predicted octanol–water partition coefficient (Wildman–Crippen LogP) is 2.39. The number of rotatable bonds is 7. The molecular weight excluding hydrogens is 284 g/mol. The van der Waals surface area contributed by atoms with E-state index < -0.39 is 6.29 Å². The van der Waals surface area contributed by atoms with Crippen LogP contribution in [0.5, 0.6) is 11.5 Å². The second kappa shape index (κ2) is 7.92. The summed E-state index contributed by atoms with van der Waals surface area (Å²) in [6.07, 6.45) is 4.68. The average Bonchev–Trinajstić information content (AvgIpc) is 3.04. The van der Waals surface area contributed by atoms with Crippen LogP contribution in [0, 0.1) is 0 Å². The van der Waals surface area contributed by atoms with Gasteiger partial charge in [-0.05, 0) is 30.2 Å². The lowest BCUT2D eigenvalue weighted by atomic mass is 10.2. The molecule has 1 atom stereocenters. The molecule has 116 valence electrons. The fourth-order valence-electron chi connectivity index (χ4n) is 1.75. The Labute approximate surface area is 128 Å². The van der Waals surface area contributed by atoms with Crippen LogP contribution in [-0.2, 0) is 4.79 Å². The first kappa shape index (κ1) is 15.7. The molecular formula is C15H18N4O3. The molecule has 2 rings (SSSR count). The Morgan fingerprint density at radius 3 is 2.95 bits per heavy atom. The van der Waals surface area contributed by atoms with Crippen LogP contribution in [0.25, 0.3) is 6.08 Å². The van der Waals surface area contributed by atoms with Crippen LogP contribution in [0.15, 0.2) is 39.5 Å². The quantitative estimate of drug-likeness (QED) is 0.785. The molecule has 0 saturated heterocycles. The summed E-state index contributed by atoms with van der Waals surface area (Å²) in [5.74, 6) is 1.02. The molecule has 1 unspecified atom stereocenters. The Bertz CT molecular complexity index is 599. The van der Waals surface area contributed by atoms with Gasteiger partial charge in [0.1, 0.15) is 6.34 Å². The number of ether oxygens (including phenoxy) is 2. The Kier molecular flexibility index (Phi) is 5.65. The lowest BCUT2D eigenvalue weighted by Gasteiger charge is -2.10. The van der Waals surface area contributed by atoms with Crippen molar-refractivity contribution in [1.82, 2.24) is 5.32 Å². The van der Waals surface area contributed by atoms with Crippen molar-refractivity contribution in [3.05, 3.63) is 29.8 Å². The molecule has 1 heterocycles. The van der Waals surface area contributed by atoms with Crippen LogP contribution in [0.3, 0.4) is 0 Å². The zero-order chi connectivity index (χ0) is 15.8. The van der Waals surface area contributed by atoms with Crippen LogP contribution >= 0.6 is 0 Å². The van der Waals surface area contributed by atoms with Gasteiger partial charge < -0.3 is 14.8 Å². The SMILES string of the molecule is CCCOc1ccc(/C=C/C(=O)NC2N=CN=N2)cc1OC. The summed E-state index contributed by atoms with van der Waals surface area (Å²) in [7, 11) is 1.58. The van der Waals surface area contributed by atoms with E-state index in [9.17, 15) is 4.79 Å². The third-order valence-electron chi connectivity index (χ3n) is 2.78. The van der Waals surface area contributed by atoms with Gasteiger partial charge in [-0.15, -0.1) is 10.2 Å². The predicted molar refractivity (Wildman–Crippen MR) is 83.1 cm³/mol. The second-order valence-corrected chi connectivity index (χ2v) is 4.47. The normalized spacial score (nSPS) is 16.2. The van der Waals surface area contributed by atoms with Crippen LogP contribution in [0.4, 0.5) is 0 Å². The zero-order valence-corrected chi connectivity index (χ0v) is 12.5. The standard InChI is InChI=1S/C15H18N4O3/c1-3-8-22-12-6-4-11(9-13(12)21-2)5-7-14(20)18-15-16-10-17-19-15/h4-7,9-10,15H,3,8H2,1-2H3,(H,18,20)/b7-5+. The third-order valence-corrected chi connectivity index (χ3v) is 2.78. The minimum Gasteiger partial charge on any atom is -0.493 e. The minimum atomic E-state index is -0.628. The van der Waals surface area contributed by atoms with E-state index >= 15 is 0 Å². The summed E-state index contributed by atoms with van der Waals surface area (Å²) in [4.78, 5) is 15.5. The number of methoxy groups -OCH3 is 1. The van der Waals surface area contributed by atoms with Crippen LogP contribution in [0.2, 0.25) is 0 Å². The largest absolute Gasteiger partial charge is 0.493 e. The highest BCUT2D eigenvalue weighted by atomic mass is 16.5. The number of nitrogens with one attached hydrogen (secondary N) is 1. The van der Waals surface area contributed by atoms with E-state index in [1.807, 2.05) is 25.1 Å². The molecule has 1 aromatic rings. The number of benzene rings is 1. The van der Waals surface area contributed by atoms with Crippen LogP contribution < -0.4 is 14.8 Å². The highest BCUT2D eigenvalue weighted by molar-refractivity contribution is 5.92. The number of aliphatic imine (C=N–C) groups is 1. The van der Waals surface area contributed by atoms with Gasteiger partial charge in [0.05, 0.1) is 13.7 Å². The van der Waals surface area contributed by atoms with E-state index in [-0.39, 0.29) is 5.91 Å². The van der Waals surface area contributed by atoms with Crippen molar-refractivity contribution in [3.8, 4) is 11.5 Å². The summed E-state index contributed by atoms with van der Waals surface area (Å²) in [5, 5.41) is 9.83. The fourth-order valence-corrected chi connectivity index (χ4v) is 1.75. The number of nitrogens with zero attached hydrogens (tertiary/aromatic N) is 3. The molecule has 1 aliphatic rings. The molecule has 22 heavy (non-hydrogen) atoms. The molecule has 0 spiro atoms. The number of azo groups is 1. The number of amides is 1. The van der Waals surface area contributed by atoms with E-state index in [2.05, 4.69) is 20.5 Å². The molecule has 0 bridgehead atoms. The van der Waals surface area contributed by atoms with E-state index in [0.29, 0.717) is 18.1 Å². The number of carbonyl (C=O) groups is 1. The first-order valence-electron chi connectivity index (χ1n) is 6.94. The van der Waals surface area contributed by atoms with Crippen molar-refractivity contribution in [2.45, 2.75) is 19.6 Å². The van der Waals surface area contributed by atoms with Crippen molar-refractivity contribution >= 4 is 18.3 Å². The minimum absolute atomic E-state index is 0.298. The van der Waals surface area contributed by atoms with E-state index in [4.69, 9.17) is 9.47 Å². The topological polar surface area (TPSA) is 84.6 Å². The van der Waals surface area contributed by atoms with E-state index in [1.54, 1.807) is 13.2 Å². The maximum absolute atomic E-state index is 11.7. The molecule has 1 amide bonds. The lowest BCUT2D eigenvalue weighted by Crippen LogP contribution is -2.29. The van der Waals surface area contributed by atoms with Gasteiger partial charge in [-0.3, -0.25) is 4.79 Å². The van der Waals surface area contributed by atoms with Gasteiger partial charge in [-0.1, -0.05) is 13.0 Å². The van der Waals surface area contributed by atoms with Crippen molar-refractivity contribution in [1.29, 1.82) is 0 Å². The van der Waals surface area contributed by atoms with Gasteiger partial charge >= 0.3 is 0 Å². The summed E-state index contributed by atoms with van der Waals surface area (Å²) in [5.41, 5.74) is 0.826. The van der Waals surface area contributed by atoms with Gasteiger partial charge in [0, 0.05) is 6.08 Å². The Morgan fingerprint density at radius 2 is 2.27 bits per heavy atom. The second-order valence-electron chi connectivity index (χ2n) is 4.47. The van der Waals surface area contributed by atoms with Gasteiger partial charge in [0.25, 0.3) is 0 Å². The molecule has 1 aliphatic heterocycles. The van der Waals surface area contributed by atoms with E-state index in [0.717, 1.165) is 12.0 Å². The summed E-state index contributed by atoms with van der Waals surface area (Å²) >= 11 is 0. The average molecular weight is 302 g/mol. The molecule has 1 N–H and O–H groups in total. The molecule has 0 aliphatic carbocycles. The molecule has 0 aromatic heterocycles. The smallest absolute Gasteiger partial charge is 0.247 e. The molecule has 0 saturated carbocycles. The van der Waals surface area contributed by atoms with Crippen molar-refractivity contribution in [2.24, 2.45) is 15.2 Å². The maximum atomic E-state index is 11.7. The molecule has 7 nitrogen and oxygen atoms in total. The Hall–Kier alpha value is -2.70. The Balaban J connectivity index is 1.99. The van der Waals surface area contributed by atoms with E-state index in [1.165, 1.54) is 12.4 Å². The molecule has 0 fully saturated rings. The summed E-state index contributed by atoms with van der Waals surface area (Å²) < 4.78 is 10.9. The van der Waals surface area contributed by atoms with Gasteiger partial charge in [0.2, 0.25) is 12.2 Å². The van der Waals surface area contributed by atoms with Crippen molar-refractivity contribution in [3.63, 3.8) is 0 Å². The van der Waals surface area contributed by atoms with Gasteiger partial charge in [-0.25, -0.2) is 4.99 Å². The van der Waals surface area contributed by atoms with Crippen LogP contribution in [-0.4, -0.2) is 32.3 Å². The molecule has 0 radical (unpaired) electrons. The fraction of sp³-hybridized carbons (Fsp3) is 0.333. The Morgan fingerprint density at radius 1 is 1.41 bits per heavy atom. The maximum Gasteiger partial charge on any atom is 0.247 e. The summed E-state index contributed by atoms with van der Waals surface area (Å²) in [6.45, 7) is 2.67.